The molecule has 0 unspecified atom stereocenters. The van der Waals surface area contributed by atoms with E-state index in [4.69, 9.17) is 10.2 Å². The third-order valence-electron chi connectivity index (χ3n) is 2.51. The average Bonchev–Trinajstić information content (AvgIpc) is 2.25. The number of aromatic hydroxyl groups is 1. The second kappa shape index (κ2) is 5.79. The fraction of sp³-hybridized carbons (Fsp3) is 0.545. The maximum atomic E-state index is 9.86. The Bertz CT molecular complexity index is 355. The number of nitrogens with zero attached hydrogens (tertiary/aromatic N) is 2. The number of hydrogen-bond acceptors (Lipinski definition) is 5. The molecule has 90 valence electrons. The molecule has 0 fully saturated rings. The highest BCUT2D eigenvalue weighted by Crippen LogP contribution is 2.24. The van der Waals surface area contributed by atoms with Crippen LogP contribution in [-0.4, -0.2) is 45.4 Å². The van der Waals surface area contributed by atoms with Crippen LogP contribution in [0.2, 0.25) is 0 Å². The van der Waals surface area contributed by atoms with Crippen molar-refractivity contribution in [3.63, 3.8) is 0 Å². The molecule has 0 aliphatic carbocycles. The maximum absolute atomic E-state index is 9.86. The molecular formula is C11H18N2O3. The van der Waals surface area contributed by atoms with Crippen molar-refractivity contribution in [3.05, 3.63) is 23.0 Å². The van der Waals surface area contributed by atoms with Gasteiger partial charge in [0.1, 0.15) is 5.75 Å². The second-order valence-electron chi connectivity index (χ2n) is 3.82. The van der Waals surface area contributed by atoms with E-state index in [0.717, 1.165) is 0 Å². The predicted molar refractivity (Wildman–Crippen MR) is 60.0 cm³/mol. The Labute approximate surface area is 95.0 Å². The van der Waals surface area contributed by atoms with Gasteiger partial charge in [-0.1, -0.05) is 0 Å². The molecule has 16 heavy (non-hydrogen) atoms. The van der Waals surface area contributed by atoms with Gasteiger partial charge in [-0.15, -0.1) is 0 Å². The largest absolute Gasteiger partial charge is 0.506 e. The van der Waals surface area contributed by atoms with Gasteiger partial charge >= 0.3 is 0 Å². The van der Waals surface area contributed by atoms with Crippen molar-refractivity contribution < 1.29 is 15.3 Å². The van der Waals surface area contributed by atoms with Gasteiger partial charge in [0.2, 0.25) is 0 Å². The molecule has 0 atom stereocenters. The third kappa shape index (κ3) is 2.91. The summed E-state index contributed by atoms with van der Waals surface area (Å²) in [5.74, 6) is 0.122. The maximum Gasteiger partial charge on any atom is 0.141 e. The first-order valence-electron chi connectivity index (χ1n) is 5.16. The standard InChI is InChI=1S/C11H18N2O3/c1-8-11(16)10(6-13(2)3-4-14)9(7-15)5-12-8/h5,14-16H,3-4,6-7H2,1-2H3. The summed E-state index contributed by atoms with van der Waals surface area (Å²) in [6.45, 7) is 2.63. The summed E-state index contributed by atoms with van der Waals surface area (Å²) in [6, 6.07) is 0. The number of likely N-dealkylation sites (N-methyl/N-ethyl adjacent to an activating group) is 1. The van der Waals surface area contributed by atoms with Gasteiger partial charge in [0.25, 0.3) is 0 Å². The van der Waals surface area contributed by atoms with Crippen molar-refractivity contribution in [2.24, 2.45) is 0 Å². The molecule has 5 nitrogen and oxygen atoms in total. The zero-order valence-corrected chi connectivity index (χ0v) is 9.64. The minimum atomic E-state index is -0.150. The Balaban J connectivity index is 2.96. The molecule has 1 heterocycles. The number of hydrogen-bond donors (Lipinski definition) is 3. The van der Waals surface area contributed by atoms with E-state index >= 15 is 0 Å². The first-order valence-corrected chi connectivity index (χ1v) is 5.16. The highest BCUT2D eigenvalue weighted by atomic mass is 16.3. The smallest absolute Gasteiger partial charge is 0.141 e. The van der Waals surface area contributed by atoms with E-state index in [1.165, 1.54) is 0 Å². The minimum Gasteiger partial charge on any atom is -0.506 e. The summed E-state index contributed by atoms with van der Waals surface area (Å²) >= 11 is 0. The molecule has 0 saturated heterocycles. The zero-order chi connectivity index (χ0) is 12.1. The van der Waals surface area contributed by atoms with Gasteiger partial charge in [0, 0.05) is 30.4 Å². The lowest BCUT2D eigenvalue weighted by Gasteiger charge is -2.18. The summed E-state index contributed by atoms with van der Waals surface area (Å²) in [4.78, 5) is 5.85. The summed E-state index contributed by atoms with van der Waals surface area (Å²) < 4.78 is 0. The number of aliphatic hydroxyl groups excluding tert-OH is 2. The summed E-state index contributed by atoms with van der Waals surface area (Å²) in [5, 5.41) is 27.8. The number of pyridine rings is 1. The van der Waals surface area contributed by atoms with Gasteiger partial charge in [0.05, 0.1) is 18.9 Å². The minimum absolute atomic E-state index is 0.0653. The summed E-state index contributed by atoms with van der Waals surface area (Å²) in [7, 11) is 1.84. The van der Waals surface area contributed by atoms with E-state index in [0.29, 0.717) is 29.9 Å². The van der Waals surface area contributed by atoms with E-state index in [1.807, 2.05) is 11.9 Å². The third-order valence-corrected chi connectivity index (χ3v) is 2.51. The zero-order valence-electron chi connectivity index (χ0n) is 9.64. The first-order chi connectivity index (χ1) is 7.60. The highest BCUT2D eigenvalue weighted by molar-refractivity contribution is 5.40. The van der Waals surface area contributed by atoms with Gasteiger partial charge < -0.3 is 15.3 Å². The monoisotopic (exact) mass is 226 g/mol. The van der Waals surface area contributed by atoms with Crippen molar-refractivity contribution in [2.75, 3.05) is 20.2 Å². The molecule has 0 aliphatic rings. The molecule has 0 bridgehead atoms. The van der Waals surface area contributed by atoms with Crippen LogP contribution in [-0.2, 0) is 13.2 Å². The summed E-state index contributed by atoms with van der Waals surface area (Å²) in [5.41, 5.74) is 1.84. The van der Waals surface area contributed by atoms with E-state index < -0.39 is 0 Å². The fourth-order valence-corrected chi connectivity index (χ4v) is 1.52. The Hall–Kier alpha value is -1.17. The van der Waals surface area contributed by atoms with Crippen molar-refractivity contribution in [2.45, 2.75) is 20.1 Å². The molecule has 0 aromatic carbocycles. The molecule has 5 heteroatoms. The second-order valence-corrected chi connectivity index (χ2v) is 3.82. The normalized spacial score (nSPS) is 11.1. The number of aryl methyl sites for hydroxylation is 1. The molecule has 1 aromatic rings. The van der Waals surface area contributed by atoms with Crippen molar-refractivity contribution >= 4 is 0 Å². The van der Waals surface area contributed by atoms with Crippen LogP contribution < -0.4 is 0 Å². The van der Waals surface area contributed by atoms with Gasteiger partial charge in [0.15, 0.2) is 0 Å². The van der Waals surface area contributed by atoms with E-state index in [9.17, 15) is 5.11 Å². The lowest BCUT2D eigenvalue weighted by molar-refractivity contribution is 0.213. The molecule has 0 aliphatic heterocycles. The van der Waals surface area contributed by atoms with Crippen molar-refractivity contribution in [1.29, 1.82) is 0 Å². The average molecular weight is 226 g/mol. The number of aliphatic hydroxyl groups is 2. The fourth-order valence-electron chi connectivity index (χ4n) is 1.52. The number of aromatic nitrogens is 1. The van der Waals surface area contributed by atoms with Gasteiger partial charge in [-0.05, 0) is 14.0 Å². The Morgan fingerprint density at radius 2 is 2.06 bits per heavy atom. The lowest BCUT2D eigenvalue weighted by atomic mass is 10.1. The van der Waals surface area contributed by atoms with Crippen LogP contribution in [0.5, 0.6) is 5.75 Å². The van der Waals surface area contributed by atoms with Crippen molar-refractivity contribution in [3.8, 4) is 5.75 Å². The van der Waals surface area contributed by atoms with Crippen LogP contribution in [0, 0.1) is 6.92 Å². The SMILES string of the molecule is Cc1ncc(CO)c(CN(C)CCO)c1O. The molecule has 0 radical (unpaired) electrons. The Morgan fingerprint density at radius 3 is 2.62 bits per heavy atom. The first kappa shape index (κ1) is 12.9. The van der Waals surface area contributed by atoms with Crippen LogP contribution in [0.1, 0.15) is 16.8 Å². The predicted octanol–water partition coefficient (Wildman–Crippen LogP) is 0.0120. The molecule has 1 aromatic heterocycles. The number of rotatable bonds is 5. The van der Waals surface area contributed by atoms with E-state index in [1.54, 1.807) is 13.1 Å². The Kier molecular flexibility index (Phi) is 4.67. The Morgan fingerprint density at radius 1 is 1.38 bits per heavy atom. The van der Waals surface area contributed by atoms with Gasteiger partial charge in [-0.25, -0.2) is 0 Å². The lowest BCUT2D eigenvalue weighted by Crippen LogP contribution is -2.22. The van der Waals surface area contributed by atoms with E-state index in [-0.39, 0.29) is 19.0 Å². The molecule has 3 N–H and O–H groups in total. The molecule has 1 rings (SSSR count). The molecule has 0 amide bonds. The molecular weight excluding hydrogens is 208 g/mol. The quantitative estimate of drug-likeness (QED) is 0.659. The topological polar surface area (TPSA) is 76.8 Å². The van der Waals surface area contributed by atoms with Crippen LogP contribution in [0.3, 0.4) is 0 Å². The van der Waals surface area contributed by atoms with Crippen LogP contribution in [0.25, 0.3) is 0 Å². The highest BCUT2D eigenvalue weighted by Gasteiger charge is 2.12. The van der Waals surface area contributed by atoms with E-state index in [2.05, 4.69) is 4.98 Å². The molecule has 0 saturated carbocycles. The van der Waals surface area contributed by atoms with Gasteiger partial charge in [-0.3, -0.25) is 9.88 Å². The summed E-state index contributed by atoms with van der Waals surface area (Å²) in [6.07, 6.45) is 1.57. The van der Waals surface area contributed by atoms with Crippen LogP contribution in [0.4, 0.5) is 0 Å². The molecule has 0 spiro atoms. The van der Waals surface area contributed by atoms with Crippen molar-refractivity contribution in [1.82, 2.24) is 9.88 Å². The van der Waals surface area contributed by atoms with Gasteiger partial charge in [-0.2, -0.15) is 0 Å². The van der Waals surface area contributed by atoms with Crippen LogP contribution in [0.15, 0.2) is 6.20 Å². The van der Waals surface area contributed by atoms with Crippen LogP contribution >= 0.6 is 0 Å².